The minimum atomic E-state index is -3.19. The van der Waals surface area contributed by atoms with Crippen LogP contribution in [0.3, 0.4) is 0 Å². The summed E-state index contributed by atoms with van der Waals surface area (Å²) in [5.74, 6) is 0.195. The molecule has 0 aromatic heterocycles. The Labute approximate surface area is 125 Å². The number of hydrogen-bond acceptors (Lipinski definition) is 2. The van der Waals surface area contributed by atoms with Crippen molar-refractivity contribution in [3.05, 3.63) is 34.3 Å². The van der Waals surface area contributed by atoms with Crippen LogP contribution in [0.1, 0.15) is 32.8 Å². The van der Waals surface area contributed by atoms with Crippen LogP contribution in [-0.2, 0) is 16.6 Å². The molecule has 1 aromatic carbocycles. The first kappa shape index (κ1) is 16.7. The number of halogens is 1. The fourth-order valence-corrected chi connectivity index (χ4v) is 3.56. The van der Waals surface area contributed by atoms with Gasteiger partial charge in [0, 0.05) is 18.1 Å². The summed E-state index contributed by atoms with van der Waals surface area (Å²) in [5.41, 5.74) is 1.01. The van der Waals surface area contributed by atoms with Crippen LogP contribution < -0.4 is 0 Å². The van der Waals surface area contributed by atoms with Crippen LogP contribution in [0.5, 0.6) is 0 Å². The molecule has 0 saturated carbocycles. The van der Waals surface area contributed by atoms with E-state index in [-0.39, 0.29) is 11.2 Å². The van der Waals surface area contributed by atoms with Crippen molar-refractivity contribution in [1.29, 1.82) is 0 Å². The van der Waals surface area contributed by atoms with Crippen LogP contribution in [0.4, 0.5) is 0 Å². The molecule has 0 heterocycles. The monoisotopic (exact) mass is 347 g/mol. The molecular weight excluding hydrogens is 326 g/mol. The summed E-state index contributed by atoms with van der Waals surface area (Å²) in [7, 11) is -1.55. The average Bonchev–Trinajstić information content (AvgIpc) is 2.25. The summed E-state index contributed by atoms with van der Waals surface area (Å²) >= 11 is 3.39. The van der Waals surface area contributed by atoms with Crippen LogP contribution in [0.2, 0.25) is 0 Å². The van der Waals surface area contributed by atoms with E-state index in [1.807, 2.05) is 24.3 Å². The van der Waals surface area contributed by atoms with Gasteiger partial charge in [-0.3, -0.25) is 0 Å². The Morgan fingerprint density at radius 2 is 1.89 bits per heavy atom. The number of rotatable bonds is 5. The highest BCUT2D eigenvalue weighted by Gasteiger charge is 2.21. The lowest BCUT2D eigenvalue weighted by molar-refractivity contribution is 0.388. The van der Waals surface area contributed by atoms with Crippen molar-refractivity contribution >= 4 is 26.0 Å². The normalized spacial score (nSPS) is 12.9. The molecule has 1 aromatic rings. The van der Waals surface area contributed by atoms with Gasteiger partial charge >= 0.3 is 0 Å². The summed E-state index contributed by atoms with van der Waals surface area (Å²) in [5, 5.41) is 0. The second-order valence-corrected chi connectivity index (χ2v) is 9.12. The molecule has 0 fully saturated rings. The predicted octanol–water partition coefficient (Wildman–Crippen LogP) is 3.65. The zero-order valence-electron chi connectivity index (χ0n) is 12.0. The highest BCUT2D eigenvalue weighted by atomic mass is 79.9. The van der Waals surface area contributed by atoms with Gasteiger partial charge in [0.15, 0.2) is 0 Å². The molecule has 0 spiro atoms. The molecule has 3 nitrogen and oxygen atoms in total. The molecule has 0 atom stereocenters. The van der Waals surface area contributed by atoms with Crippen LogP contribution in [-0.4, -0.2) is 25.5 Å². The smallest absolute Gasteiger partial charge is 0.212 e. The summed E-state index contributed by atoms with van der Waals surface area (Å²) in [6, 6.07) is 7.71. The molecule has 19 heavy (non-hydrogen) atoms. The van der Waals surface area contributed by atoms with Crippen LogP contribution >= 0.6 is 15.9 Å². The van der Waals surface area contributed by atoms with Gasteiger partial charge in [0.25, 0.3) is 0 Å². The van der Waals surface area contributed by atoms with Gasteiger partial charge in [-0.15, -0.1) is 0 Å². The second-order valence-electron chi connectivity index (χ2n) is 6.01. The standard InChI is InChI=1S/C14H22BrNO2S/c1-14(2,3)8-9-19(17,18)16(4)11-12-6-5-7-13(15)10-12/h5-7,10H,8-9,11H2,1-4H3. The van der Waals surface area contributed by atoms with E-state index in [4.69, 9.17) is 0 Å². The molecule has 0 radical (unpaired) electrons. The van der Waals surface area contributed by atoms with Crippen molar-refractivity contribution in [2.24, 2.45) is 5.41 Å². The van der Waals surface area contributed by atoms with Crippen molar-refractivity contribution in [2.75, 3.05) is 12.8 Å². The van der Waals surface area contributed by atoms with E-state index in [2.05, 4.69) is 36.7 Å². The molecule has 1 rings (SSSR count). The summed E-state index contributed by atoms with van der Waals surface area (Å²) < 4.78 is 26.8. The van der Waals surface area contributed by atoms with Gasteiger partial charge in [0.2, 0.25) is 10.0 Å². The second kappa shape index (κ2) is 6.37. The molecule has 0 aliphatic rings. The van der Waals surface area contributed by atoms with E-state index in [0.29, 0.717) is 13.0 Å². The number of hydrogen-bond donors (Lipinski definition) is 0. The largest absolute Gasteiger partial charge is 0.214 e. The minimum absolute atomic E-state index is 0.0314. The summed E-state index contributed by atoms with van der Waals surface area (Å²) in [6.07, 6.45) is 0.665. The number of sulfonamides is 1. The van der Waals surface area contributed by atoms with Crippen LogP contribution in [0.15, 0.2) is 28.7 Å². The predicted molar refractivity (Wildman–Crippen MR) is 83.5 cm³/mol. The van der Waals surface area contributed by atoms with Crippen molar-refractivity contribution in [1.82, 2.24) is 4.31 Å². The molecule has 0 N–H and O–H groups in total. The first-order valence-corrected chi connectivity index (χ1v) is 8.69. The highest BCUT2D eigenvalue weighted by molar-refractivity contribution is 9.10. The molecule has 108 valence electrons. The lowest BCUT2D eigenvalue weighted by Gasteiger charge is -2.22. The Bertz CT molecular complexity index is 520. The maximum atomic E-state index is 12.2. The van der Waals surface area contributed by atoms with E-state index in [1.54, 1.807) is 7.05 Å². The maximum absolute atomic E-state index is 12.2. The van der Waals surface area contributed by atoms with Crippen molar-refractivity contribution in [3.8, 4) is 0 Å². The first-order chi connectivity index (χ1) is 8.60. The molecule has 0 unspecified atom stereocenters. The molecule has 0 amide bonds. The lowest BCUT2D eigenvalue weighted by atomic mass is 9.94. The fraction of sp³-hybridized carbons (Fsp3) is 0.571. The zero-order valence-corrected chi connectivity index (χ0v) is 14.4. The van der Waals surface area contributed by atoms with E-state index < -0.39 is 10.0 Å². The van der Waals surface area contributed by atoms with Crippen molar-refractivity contribution in [3.63, 3.8) is 0 Å². The zero-order chi connectivity index (χ0) is 14.7. The Morgan fingerprint density at radius 1 is 1.26 bits per heavy atom. The van der Waals surface area contributed by atoms with Crippen LogP contribution in [0.25, 0.3) is 0 Å². The van der Waals surface area contributed by atoms with Crippen molar-refractivity contribution < 1.29 is 8.42 Å². The molecular formula is C14H22BrNO2S. The van der Waals surface area contributed by atoms with Gasteiger partial charge in [-0.1, -0.05) is 48.8 Å². The molecule has 0 aliphatic heterocycles. The van der Waals surface area contributed by atoms with Crippen LogP contribution in [0, 0.1) is 5.41 Å². The molecule has 0 bridgehead atoms. The van der Waals surface area contributed by atoms with Gasteiger partial charge < -0.3 is 0 Å². The number of nitrogens with zero attached hydrogens (tertiary/aromatic N) is 1. The lowest BCUT2D eigenvalue weighted by Crippen LogP contribution is -2.30. The van der Waals surface area contributed by atoms with E-state index in [0.717, 1.165) is 10.0 Å². The van der Waals surface area contributed by atoms with E-state index >= 15 is 0 Å². The van der Waals surface area contributed by atoms with Gasteiger partial charge in [-0.2, -0.15) is 0 Å². The Hall–Kier alpha value is -0.390. The maximum Gasteiger partial charge on any atom is 0.214 e. The average molecular weight is 348 g/mol. The Kier molecular flexibility index (Phi) is 5.59. The highest BCUT2D eigenvalue weighted by Crippen LogP contribution is 2.21. The number of benzene rings is 1. The third-order valence-electron chi connectivity index (χ3n) is 2.88. The minimum Gasteiger partial charge on any atom is -0.212 e. The summed E-state index contributed by atoms with van der Waals surface area (Å²) in [4.78, 5) is 0. The third kappa shape index (κ3) is 6.06. The Balaban J connectivity index is 2.69. The van der Waals surface area contributed by atoms with E-state index in [1.165, 1.54) is 4.31 Å². The first-order valence-electron chi connectivity index (χ1n) is 6.29. The SMILES string of the molecule is CN(Cc1cccc(Br)c1)S(=O)(=O)CCC(C)(C)C. The van der Waals surface area contributed by atoms with Gasteiger partial charge in [-0.25, -0.2) is 12.7 Å². The summed E-state index contributed by atoms with van der Waals surface area (Å²) in [6.45, 7) is 6.57. The molecule has 5 heteroatoms. The third-order valence-corrected chi connectivity index (χ3v) is 5.17. The van der Waals surface area contributed by atoms with E-state index in [9.17, 15) is 8.42 Å². The Morgan fingerprint density at radius 3 is 2.42 bits per heavy atom. The molecule has 0 saturated heterocycles. The van der Waals surface area contributed by atoms with Gasteiger partial charge in [-0.05, 0) is 29.5 Å². The van der Waals surface area contributed by atoms with Crippen molar-refractivity contribution in [2.45, 2.75) is 33.7 Å². The van der Waals surface area contributed by atoms with Gasteiger partial charge in [0.05, 0.1) is 5.75 Å². The fourth-order valence-electron chi connectivity index (χ4n) is 1.58. The van der Waals surface area contributed by atoms with Gasteiger partial charge in [0.1, 0.15) is 0 Å². The topological polar surface area (TPSA) is 37.4 Å². The quantitative estimate of drug-likeness (QED) is 0.815. The molecule has 0 aliphatic carbocycles.